The number of carbonyl (C=O) groups excluding carboxylic acids is 3. The monoisotopic (exact) mass is 597 g/mol. The normalized spacial score (nSPS) is 16.3. The number of methoxy groups -OCH3 is 1. The van der Waals surface area contributed by atoms with Crippen molar-refractivity contribution in [2.75, 3.05) is 44.6 Å². The summed E-state index contributed by atoms with van der Waals surface area (Å²) in [4.78, 5) is 48.2. The summed E-state index contributed by atoms with van der Waals surface area (Å²) in [6, 6.07) is 16.4. The van der Waals surface area contributed by atoms with Gasteiger partial charge in [-0.15, -0.1) is 0 Å². The summed E-state index contributed by atoms with van der Waals surface area (Å²) < 4.78 is 57.2. The number of aromatic amines is 1. The van der Waals surface area contributed by atoms with Crippen molar-refractivity contribution in [1.82, 2.24) is 14.9 Å². The summed E-state index contributed by atoms with van der Waals surface area (Å²) in [5.41, 5.74) is -1.62. The Morgan fingerprint density at radius 1 is 1.07 bits per heavy atom. The van der Waals surface area contributed by atoms with Crippen LogP contribution in [0.25, 0.3) is 11.0 Å². The molecule has 0 fully saturated rings. The molecule has 11 nitrogen and oxygen atoms in total. The van der Waals surface area contributed by atoms with E-state index in [0.29, 0.717) is 24.4 Å². The number of benzene rings is 3. The van der Waals surface area contributed by atoms with Crippen LogP contribution in [-0.2, 0) is 20.0 Å². The number of carbonyl (C=O) groups is 3. The highest BCUT2D eigenvalue weighted by molar-refractivity contribution is 6.13. The molecule has 1 atom stereocenters. The molecule has 14 heteroatoms. The van der Waals surface area contributed by atoms with Crippen molar-refractivity contribution in [3.63, 3.8) is 0 Å². The molecule has 0 saturated carbocycles. The molecule has 3 aromatic carbocycles. The highest BCUT2D eigenvalue weighted by Gasteiger charge is 2.58. The molecule has 0 bridgehead atoms. The number of halogens is 3. The number of nitrogens with zero attached hydrogens (tertiary/aromatic N) is 3. The number of H-pyrrole nitrogens is 1. The summed E-state index contributed by atoms with van der Waals surface area (Å²) in [7, 11) is 4.91. The Morgan fingerprint density at radius 3 is 2.56 bits per heavy atom. The molecule has 43 heavy (non-hydrogen) atoms. The predicted octanol–water partition coefficient (Wildman–Crippen LogP) is 4.65. The Labute approximate surface area is 243 Å². The lowest BCUT2D eigenvalue weighted by molar-refractivity contribution is -0.211. The van der Waals surface area contributed by atoms with E-state index in [4.69, 9.17) is 9.47 Å². The van der Waals surface area contributed by atoms with E-state index in [1.807, 2.05) is 19.0 Å². The van der Waals surface area contributed by atoms with Gasteiger partial charge < -0.3 is 24.1 Å². The lowest BCUT2D eigenvalue weighted by Gasteiger charge is -2.39. The van der Waals surface area contributed by atoms with E-state index < -0.39 is 29.9 Å². The number of aromatic nitrogens is 2. The van der Waals surface area contributed by atoms with E-state index in [2.05, 4.69) is 20.0 Å². The standard InChI is InChI=1S/C29H26F3N5O6/c1-36(2)13-14-42-19-8-6-7-18(16-19)37-24(38)20-9-4-5-10-21(20)28(37,43-25(39)29(30,31)32)17-11-12-22-23(15-17)34-26(33-22)35-27(40)41-3/h4-12,15-16H,13-14H2,1-3H3,(H2,33,34,35,40). The zero-order valence-corrected chi connectivity index (χ0v) is 23.2. The quantitative estimate of drug-likeness (QED) is 0.281. The number of amides is 2. The van der Waals surface area contributed by atoms with Crippen molar-refractivity contribution in [1.29, 1.82) is 0 Å². The average Bonchev–Trinajstić information content (AvgIpc) is 3.48. The van der Waals surface area contributed by atoms with Crippen LogP contribution in [0.15, 0.2) is 66.7 Å². The molecule has 5 rings (SSSR count). The van der Waals surface area contributed by atoms with Gasteiger partial charge in [0.2, 0.25) is 11.7 Å². The van der Waals surface area contributed by atoms with Crippen molar-refractivity contribution >= 4 is 40.6 Å². The summed E-state index contributed by atoms with van der Waals surface area (Å²) in [6.07, 6.45) is -6.18. The second-order valence-corrected chi connectivity index (χ2v) is 9.80. The summed E-state index contributed by atoms with van der Waals surface area (Å²) in [5.74, 6) is -2.85. The number of esters is 1. The molecule has 224 valence electrons. The Balaban J connectivity index is 1.71. The fourth-order valence-corrected chi connectivity index (χ4v) is 4.77. The van der Waals surface area contributed by atoms with Gasteiger partial charge in [0.05, 0.1) is 23.8 Å². The first-order chi connectivity index (χ1) is 20.4. The fraction of sp³-hybridized carbons (Fsp3) is 0.241. The number of fused-ring (bicyclic) bond motifs is 2. The average molecular weight is 598 g/mol. The van der Waals surface area contributed by atoms with Crippen molar-refractivity contribution in [3.8, 4) is 5.75 Å². The molecule has 1 unspecified atom stereocenters. The highest BCUT2D eigenvalue weighted by atomic mass is 19.4. The fourth-order valence-electron chi connectivity index (χ4n) is 4.77. The Bertz CT molecular complexity index is 1710. The van der Waals surface area contributed by atoms with Crippen molar-refractivity contribution in [3.05, 3.63) is 83.4 Å². The van der Waals surface area contributed by atoms with E-state index in [1.54, 1.807) is 18.2 Å². The number of imidazole rings is 1. The second kappa shape index (κ2) is 11.3. The third-order valence-electron chi connectivity index (χ3n) is 6.67. The van der Waals surface area contributed by atoms with Gasteiger partial charge in [0.25, 0.3) is 5.91 Å². The number of ether oxygens (including phenoxy) is 3. The first-order valence-corrected chi connectivity index (χ1v) is 12.9. The Kier molecular flexibility index (Phi) is 7.71. The Morgan fingerprint density at radius 2 is 1.84 bits per heavy atom. The van der Waals surface area contributed by atoms with Crippen LogP contribution in [0.4, 0.5) is 29.6 Å². The van der Waals surface area contributed by atoms with Gasteiger partial charge >= 0.3 is 18.2 Å². The molecule has 0 spiro atoms. The molecular weight excluding hydrogens is 571 g/mol. The lowest BCUT2D eigenvalue weighted by atomic mass is 9.92. The smallest absolute Gasteiger partial charge is 0.491 e. The van der Waals surface area contributed by atoms with E-state index >= 15 is 0 Å². The van der Waals surface area contributed by atoms with Crippen LogP contribution in [0.2, 0.25) is 0 Å². The maximum atomic E-state index is 14.0. The van der Waals surface area contributed by atoms with Gasteiger partial charge in [0.1, 0.15) is 12.4 Å². The molecular formula is C29H26F3N5O6. The van der Waals surface area contributed by atoms with Crippen LogP contribution >= 0.6 is 0 Å². The zero-order chi connectivity index (χ0) is 30.9. The topological polar surface area (TPSA) is 126 Å². The van der Waals surface area contributed by atoms with Crippen LogP contribution in [0, 0.1) is 0 Å². The number of hydrogen-bond donors (Lipinski definition) is 2. The second-order valence-electron chi connectivity index (χ2n) is 9.80. The molecule has 2 heterocycles. The van der Waals surface area contributed by atoms with Crippen molar-refractivity contribution in [2.24, 2.45) is 0 Å². The molecule has 0 saturated heterocycles. The third-order valence-corrected chi connectivity index (χ3v) is 6.67. The maximum Gasteiger partial charge on any atom is 0.491 e. The number of hydrogen-bond acceptors (Lipinski definition) is 8. The third kappa shape index (κ3) is 5.56. The van der Waals surface area contributed by atoms with Gasteiger partial charge in [-0.1, -0.05) is 30.3 Å². The molecule has 1 aliphatic heterocycles. The summed E-state index contributed by atoms with van der Waals surface area (Å²) >= 11 is 0. The van der Waals surface area contributed by atoms with Gasteiger partial charge in [-0.25, -0.2) is 14.6 Å². The van der Waals surface area contributed by atoms with Crippen LogP contribution in [-0.4, -0.2) is 73.4 Å². The van der Waals surface area contributed by atoms with Crippen molar-refractivity contribution < 1.29 is 41.8 Å². The SMILES string of the molecule is COC(=O)Nc1nc2ccc(C3(OC(=O)C(F)(F)F)c4ccccc4C(=O)N3c3cccc(OCCN(C)C)c3)cc2[nH]1. The van der Waals surface area contributed by atoms with Crippen LogP contribution in [0.1, 0.15) is 21.5 Å². The molecule has 4 aromatic rings. The summed E-state index contributed by atoms with van der Waals surface area (Å²) in [6.45, 7) is 0.889. The zero-order valence-electron chi connectivity index (χ0n) is 23.2. The van der Waals surface area contributed by atoms with E-state index in [-0.39, 0.29) is 33.8 Å². The number of nitrogens with one attached hydrogen (secondary N) is 2. The lowest BCUT2D eigenvalue weighted by Crippen LogP contribution is -2.50. The van der Waals surface area contributed by atoms with Crippen LogP contribution < -0.4 is 15.0 Å². The van der Waals surface area contributed by atoms with Gasteiger partial charge in [0, 0.05) is 29.3 Å². The number of alkyl halides is 3. The van der Waals surface area contributed by atoms with Gasteiger partial charge in [-0.3, -0.25) is 15.0 Å². The highest BCUT2D eigenvalue weighted by Crippen LogP contribution is 2.49. The van der Waals surface area contributed by atoms with Crippen molar-refractivity contribution in [2.45, 2.75) is 11.9 Å². The molecule has 0 radical (unpaired) electrons. The van der Waals surface area contributed by atoms with Gasteiger partial charge in [-0.2, -0.15) is 13.2 Å². The molecule has 2 N–H and O–H groups in total. The summed E-state index contributed by atoms with van der Waals surface area (Å²) in [5, 5.41) is 2.38. The first kappa shape index (κ1) is 29.4. The van der Waals surface area contributed by atoms with Crippen LogP contribution in [0.5, 0.6) is 5.75 Å². The number of rotatable bonds is 8. The van der Waals surface area contributed by atoms with E-state index in [9.17, 15) is 27.6 Å². The van der Waals surface area contributed by atoms with E-state index in [0.717, 1.165) is 4.90 Å². The largest absolute Gasteiger partial charge is 0.492 e. The molecule has 2 amide bonds. The maximum absolute atomic E-state index is 14.0. The minimum Gasteiger partial charge on any atom is -0.492 e. The van der Waals surface area contributed by atoms with Gasteiger partial charge in [-0.05, 0) is 44.4 Å². The first-order valence-electron chi connectivity index (χ1n) is 12.9. The number of anilines is 2. The molecule has 1 aliphatic rings. The molecule has 0 aliphatic carbocycles. The minimum absolute atomic E-state index is 0.00247. The minimum atomic E-state index is -5.38. The van der Waals surface area contributed by atoms with Gasteiger partial charge in [0.15, 0.2) is 0 Å². The number of likely N-dealkylation sites (N-methyl/N-ethyl adjacent to an activating group) is 1. The predicted molar refractivity (Wildman–Crippen MR) is 149 cm³/mol. The van der Waals surface area contributed by atoms with E-state index in [1.165, 1.54) is 55.6 Å². The Hall–Kier alpha value is -5.11. The molecule has 1 aromatic heterocycles. The van der Waals surface area contributed by atoms with Crippen LogP contribution in [0.3, 0.4) is 0 Å².